The molecule has 0 aromatic heterocycles. The van der Waals surface area contributed by atoms with Gasteiger partial charge in [-0.05, 0) is 32.2 Å². The van der Waals surface area contributed by atoms with Crippen LogP contribution in [0.4, 0.5) is 0 Å². The smallest absolute Gasteiger partial charge is 0.234 e. The van der Waals surface area contributed by atoms with Crippen molar-refractivity contribution in [3.05, 3.63) is 0 Å². The summed E-state index contributed by atoms with van der Waals surface area (Å²) in [5.41, 5.74) is -0.0862. The van der Waals surface area contributed by atoms with Crippen molar-refractivity contribution in [3.8, 4) is 0 Å². The zero-order chi connectivity index (χ0) is 13.7. The summed E-state index contributed by atoms with van der Waals surface area (Å²) in [5.74, 6) is 0.00817. The maximum Gasteiger partial charge on any atom is 0.234 e. The number of carbonyl (C=O) groups excluding carboxylic acids is 1. The number of aliphatic hydroxyl groups excluding tert-OH is 2. The molecule has 2 aliphatic rings. The molecule has 0 radical (unpaired) electrons. The first kappa shape index (κ1) is 14.8. The van der Waals surface area contributed by atoms with Crippen LogP contribution in [0.25, 0.3) is 0 Å². The highest BCUT2D eigenvalue weighted by Crippen LogP contribution is 2.36. The third-order valence-corrected chi connectivity index (χ3v) is 4.51. The number of piperidine rings is 1. The third kappa shape index (κ3) is 4.16. The number of amides is 1. The van der Waals surface area contributed by atoms with Crippen LogP contribution in [0.2, 0.25) is 0 Å². The van der Waals surface area contributed by atoms with Crippen LogP contribution >= 0.6 is 0 Å². The molecule has 1 amide bonds. The zero-order valence-corrected chi connectivity index (χ0v) is 11.6. The number of hydrogen-bond donors (Lipinski definition) is 3. The molecule has 0 spiro atoms. The summed E-state index contributed by atoms with van der Waals surface area (Å²) in [4.78, 5) is 13.9. The topological polar surface area (TPSA) is 72.8 Å². The van der Waals surface area contributed by atoms with Crippen LogP contribution in [0.1, 0.15) is 38.5 Å². The molecule has 0 bridgehead atoms. The average molecular weight is 270 g/mol. The van der Waals surface area contributed by atoms with Gasteiger partial charge in [-0.1, -0.05) is 12.8 Å². The normalized spacial score (nSPS) is 27.4. The fraction of sp³-hybridized carbons (Fsp3) is 0.929. The van der Waals surface area contributed by atoms with Crippen molar-refractivity contribution in [1.82, 2.24) is 10.2 Å². The number of carbonyl (C=O) groups is 1. The lowest BCUT2D eigenvalue weighted by Gasteiger charge is -2.30. The van der Waals surface area contributed by atoms with Crippen molar-refractivity contribution in [1.29, 1.82) is 0 Å². The Morgan fingerprint density at radius 1 is 1.32 bits per heavy atom. The lowest BCUT2D eigenvalue weighted by Crippen LogP contribution is -2.46. The molecule has 1 saturated heterocycles. The Morgan fingerprint density at radius 2 is 2.05 bits per heavy atom. The molecule has 0 aromatic carbocycles. The van der Waals surface area contributed by atoms with E-state index >= 15 is 0 Å². The van der Waals surface area contributed by atoms with Crippen LogP contribution in [0, 0.1) is 5.41 Å². The van der Waals surface area contributed by atoms with Crippen molar-refractivity contribution in [2.24, 2.45) is 5.41 Å². The molecule has 0 aromatic rings. The predicted molar refractivity (Wildman–Crippen MR) is 72.7 cm³/mol. The number of hydrogen-bond acceptors (Lipinski definition) is 4. The van der Waals surface area contributed by atoms with Crippen LogP contribution in [0.15, 0.2) is 0 Å². The molecule has 3 N–H and O–H groups in total. The molecule has 110 valence electrons. The lowest BCUT2D eigenvalue weighted by atomic mass is 9.87. The Morgan fingerprint density at radius 3 is 2.68 bits per heavy atom. The minimum absolute atomic E-state index is 0.00817. The Balaban J connectivity index is 1.72. The molecule has 1 saturated carbocycles. The van der Waals surface area contributed by atoms with E-state index in [4.69, 9.17) is 0 Å². The Bertz CT molecular complexity index is 303. The minimum Gasteiger partial charge on any atom is -0.396 e. The molecule has 2 fully saturated rings. The predicted octanol–water partition coefficient (Wildman–Crippen LogP) is 0.112. The maximum absolute atomic E-state index is 11.9. The quantitative estimate of drug-likeness (QED) is 0.663. The van der Waals surface area contributed by atoms with Gasteiger partial charge in [0.25, 0.3) is 0 Å². The van der Waals surface area contributed by atoms with Gasteiger partial charge < -0.3 is 15.5 Å². The summed E-state index contributed by atoms with van der Waals surface area (Å²) in [7, 11) is 0. The van der Waals surface area contributed by atoms with E-state index in [0.717, 1.165) is 45.1 Å². The highest BCUT2D eigenvalue weighted by molar-refractivity contribution is 5.78. The van der Waals surface area contributed by atoms with Crippen molar-refractivity contribution in [2.45, 2.75) is 44.6 Å². The van der Waals surface area contributed by atoms with Crippen molar-refractivity contribution in [2.75, 3.05) is 32.8 Å². The van der Waals surface area contributed by atoms with E-state index in [9.17, 15) is 15.0 Å². The van der Waals surface area contributed by atoms with E-state index in [2.05, 4.69) is 5.32 Å². The van der Waals surface area contributed by atoms with Crippen molar-refractivity contribution < 1.29 is 15.0 Å². The Labute approximate surface area is 115 Å². The fourth-order valence-corrected chi connectivity index (χ4v) is 3.24. The molecule has 0 unspecified atom stereocenters. The highest BCUT2D eigenvalue weighted by atomic mass is 16.3. The molecular formula is C14H26N2O3. The summed E-state index contributed by atoms with van der Waals surface area (Å²) in [6, 6.07) is 0. The summed E-state index contributed by atoms with van der Waals surface area (Å²) in [6.45, 7) is 2.58. The van der Waals surface area contributed by atoms with Gasteiger partial charge in [0.1, 0.15) is 0 Å². The first-order valence-corrected chi connectivity index (χ1v) is 7.42. The third-order valence-electron chi connectivity index (χ3n) is 4.51. The van der Waals surface area contributed by atoms with Crippen LogP contribution in [-0.2, 0) is 4.79 Å². The standard InChI is InChI=1S/C14H26N2O3/c17-11-14(5-1-2-6-14)10-15-13(19)9-16-7-3-4-12(18)8-16/h12,17-18H,1-11H2,(H,15,19)/t12-/m0/s1. The molecule has 19 heavy (non-hydrogen) atoms. The molecule has 1 aliphatic heterocycles. The first-order chi connectivity index (χ1) is 9.13. The summed E-state index contributed by atoms with van der Waals surface area (Å²) in [5, 5.41) is 22.0. The van der Waals surface area contributed by atoms with Gasteiger partial charge in [0.05, 0.1) is 19.3 Å². The van der Waals surface area contributed by atoms with Gasteiger partial charge in [-0.3, -0.25) is 9.69 Å². The van der Waals surface area contributed by atoms with Crippen LogP contribution in [0.5, 0.6) is 0 Å². The molecular weight excluding hydrogens is 244 g/mol. The van der Waals surface area contributed by atoms with Crippen molar-refractivity contribution in [3.63, 3.8) is 0 Å². The molecule has 5 heteroatoms. The second kappa shape index (κ2) is 6.68. The lowest BCUT2D eigenvalue weighted by molar-refractivity contribution is -0.123. The van der Waals surface area contributed by atoms with E-state index < -0.39 is 0 Å². The number of aliphatic hydroxyl groups is 2. The monoisotopic (exact) mass is 270 g/mol. The molecule has 1 atom stereocenters. The number of rotatable bonds is 5. The van der Waals surface area contributed by atoms with Gasteiger partial charge >= 0.3 is 0 Å². The number of nitrogens with zero attached hydrogens (tertiary/aromatic N) is 1. The summed E-state index contributed by atoms with van der Waals surface area (Å²) < 4.78 is 0. The van der Waals surface area contributed by atoms with E-state index in [-0.39, 0.29) is 24.0 Å². The van der Waals surface area contributed by atoms with Crippen molar-refractivity contribution >= 4 is 5.91 Å². The average Bonchev–Trinajstić information content (AvgIpc) is 2.86. The van der Waals surface area contributed by atoms with Crippen LogP contribution in [-0.4, -0.2) is 59.9 Å². The molecule has 5 nitrogen and oxygen atoms in total. The van der Waals surface area contributed by atoms with Gasteiger partial charge in [0.2, 0.25) is 5.91 Å². The first-order valence-electron chi connectivity index (χ1n) is 7.42. The van der Waals surface area contributed by atoms with Gasteiger partial charge in [-0.2, -0.15) is 0 Å². The van der Waals surface area contributed by atoms with Crippen LogP contribution < -0.4 is 5.32 Å². The maximum atomic E-state index is 11.9. The molecule has 1 aliphatic carbocycles. The van der Waals surface area contributed by atoms with E-state index in [1.54, 1.807) is 0 Å². The molecule has 1 heterocycles. The number of likely N-dealkylation sites (tertiary alicyclic amines) is 1. The molecule has 2 rings (SSSR count). The van der Waals surface area contributed by atoms with Gasteiger partial charge in [0.15, 0.2) is 0 Å². The minimum atomic E-state index is -0.292. The van der Waals surface area contributed by atoms with Gasteiger partial charge in [-0.25, -0.2) is 0 Å². The van der Waals surface area contributed by atoms with Gasteiger partial charge in [0, 0.05) is 18.5 Å². The zero-order valence-electron chi connectivity index (χ0n) is 11.6. The van der Waals surface area contributed by atoms with E-state index in [1.807, 2.05) is 4.90 Å². The second-order valence-corrected chi connectivity index (χ2v) is 6.17. The number of nitrogens with one attached hydrogen (secondary N) is 1. The van der Waals surface area contributed by atoms with E-state index in [0.29, 0.717) is 19.6 Å². The second-order valence-electron chi connectivity index (χ2n) is 6.17. The summed E-state index contributed by atoms with van der Waals surface area (Å²) in [6.07, 6.45) is 5.81. The van der Waals surface area contributed by atoms with E-state index in [1.165, 1.54) is 0 Å². The largest absolute Gasteiger partial charge is 0.396 e. The van der Waals surface area contributed by atoms with Gasteiger partial charge in [-0.15, -0.1) is 0 Å². The Hall–Kier alpha value is -0.650. The summed E-state index contributed by atoms with van der Waals surface area (Å²) >= 11 is 0. The van der Waals surface area contributed by atoms with Crippen LogP contribution in [0.3, 0.4) is 0 Å². The Kier molecular flexibility index (Phi) is 5.19. The number of β-amino-alcohol motifs (C(OH)–C–C–N with tert-alkyl or cyclic N) is 1. The fourth-order valence-electron chi connectivity index (χ4n) is 3.24. The SMILES string of the molecule is O=C(CN1CCC[C@H](O)C1)NCC1(CO)CCCC1. The highest BCUT2D eigenvalue weighted by Gasteiger charge is 2.33.